The van der Waals surface area contributed by atoms with Crippen LogP contribution in [-0.4, -0.2) is 60.5 Å². The fraction of sp³-hybridized carbons (Fsp3) is 0.444. The number of benzene rings is 1. The van der Waals surface area contributed by atoms with Crippen LogP contribution in [0, 0.1) is 0 Å². The maximum Gasteiger partial charge on any atom is 0.248 e. The number of nitrogens with zero attached hydrogens (tertiary/aromatic N) is 2. The molecule has 0 bridgehead atoms. The summed E-state index contributed by atoms with van der Waals surface area (Å²) in [5.74, 6) is 0.0384. The molecular weight excluding hydrogens is 292 g/mol. The Balaban J connectivity index is 1.62. The van der Waals surface area contributed by atoms with Crippen molar-refractivity contribution in [2.24, 2.45) is 0 Å². The standard InChI is InChI=1S/C18H22N2O3/c1-19-15-9-11-20(12-10-16(15)23-13-18(19)22)17(21)8-7-14-5-3-2-4-6-14/h2-8,15-16H,9-13H2,1H3/b8-7+/t15-,16-/m0/s1. The van der Waals surface area contributed by atoms with Crippen LogP contribution in [0.1, 0.15) is 18.4 Å². The van der Waals surface area contributed by atoms with Gasteiger partial charge in [0.05, 0.1) is 12.1 Å². The molecule has 3 rings (SSSR count). The number of hydrogen-bond acceptors (Lipinski definition) is 3. The van der Waals surface area contributed by atoms with Gasteiger partial charge in [-0.1, -0.05) is 30.3 Å². The Bertz CT molecular complexity index is 600. The molecule has 2 aliphatic rings. The number of hydrogen-bond donors (Lipinski definition) is 0. The van der Waals surface area contributed by atoms with Crippen LogP contribution in [0.15, 0.2) is 36.4 Å². The van der Waals surface area contributed by atoms with Crippen molar-refractivity contribution >= 4 is 17.9 Å². The van der Waals surface area contributed by atoms with Gasteiger partial charge in [0.15, 0.2) is 0 Å². The molecule has 5 nitrogen and oxygen atoms in total. The molecule has 0 aliphatic carbocycles. The molecule has 0 N–H and O–H groups in total. The van der Waals surface area contributed by atoms with Gasteiger partial charge in [-0.15, -0.1) is 0 Å². The van der Waals surface area contributed by atoms with E-state index in [1.807, 2.05) is 48.4 Å². The lowest BCUT2D eigenvalue weighted by atomic mass is 10.0. The van der Waals surface area contributed by atoms with E-state index in [4.69, 9.17) is 4.74 Å². The molecule has 0 unspecified atom stereocenters. The highest BCUT2D eigenvalue weighted by atomic mass is 16.5. The first-order valence-electron chi connectivity index (χ1n) is 8.04. The number of rotatable bonds is 2. The molecule has 2 aliphatic heterocycles. The Morgan fingerprint density at radius 2 is 1.96 bits per heavy atom. The van der Waals surface area contributed by atoms with E-state index in [0.29, 0.717) is 13.1 Å². The Hall–Kier alpha value is -2.14. The van der Waals surface area contributed by atoms with Gasteiger partial charge in [0.25, 0.3) is 0 Å². The SMILES string of the molecule is CN1C(=O)CO[C@H]2CCN(C(=O)/C=C/c3ccccc3)CC[C@@H]21. The van der Waals surface area contributed by atoms with Crippen molar-refractivity contribution in [3.8, 4) is 0 Å². The van der Waals surface area contributed by atoms with Crippen molar-refractivity contribution in [3.63, 3.8) is 0 Å². The lowest BCUT2D eigenvalue weighted by Crippen LogP contribution is -2.52. The zero-order valence-corrected chi connectivity index (χ0v) is 13.4. The zero-order chi connectivity index (χ0) is 16.2. The molecule has 0 spiro atoms. The lowest BCUT2D eigenvalue weighted by Gasteiger charge is -2.37. The second kappa shape index (κ2) is 6.96. The minimum Gasteiger partial charge on any atom is -0.366 e. The summed E-state index contributed by atoms with van der Waals surface area (Å²) in [4.78, 5) is 27.8. The first-order chi connectivity index (χ1) is 11.1. The molecule has 0 saturated carbocycles. The summed E-state index contributed by atoms with van der Waals surface area (Å²) in [6.07, 6.45) is 5.03. The smallest absolute Gasteiger partial charge is 0.248 e. The molecule has 122 valence electrons. The van der Waals surface area contributed by atoms with E-state index in [0.717, 1.165) is 18.4 Å². The fourth-order valence-corrected chi connectivity index (χ4v) is 3.22. The quantitative estimate of drug-likeness (QED) is 0.778. The molecule has 0 radical (unpaired) electrons. The zero-order valence-electron chi connectivity index (χ0n) is 13.4. The maximum absolute atomic E-state index is 12.4. The van der Waals surface area contributed by atoms with Crippen LogP contribution in [0.4, 0.5) is 0 Å². The molecule has 2 saturated heterocycles. The van der Waals surface area contributed by atoms with Crippen LogP contribution in [0.3, 0.4) is 0 Å². The van der Waals surface area contributed by atoms with Crippen LogP contribution in [-0.2, 0) is 14.3 Å². The summed E-state index contributed by atoms with van der Waals surface area (Å²) in [7, 11) is 1.83. The number of likely N-dealkylation sites (N-methyl/N-ethyl adjacent to an activating group) is 1. The highest BCUT2D eigenvalue weighted by Crippen LogP contribution is 2.23. The van der Waals surface area contributed by atoms with Gasteiger partial charge in [-0.3, -0.25) is 9.59 Å². The van der Waals surface area contributed by atoms with E-state index >= 15 is 0 Å². The van der Waals surface area contributed by atoms with Crippen LogP contribution in [0.5, 0.6) is 0 Å². The summed E-state index contributed by atoms with van der Waals surface area (Å²) in [5, 5.41) is 0. The van der Waals surface area contributed by atoms with E-state index in [1.165, 1.54) is 0 Å². The monoisotopic (exact) mass is 314 g/mol. The molecular formula is C18H22N2O3. The van der Waals surface area contributed by atoms with Crippen LogP contribution in [0.25, 0.3) is 6.08 Å². The Labute approximate surface area is 136 Å². The second-order valence-electron chi connectivity index (χ2n) is 6.07. The van der Waals surface area contributed by atoms with Crippen LogP contribution in [0.2, 0.25) is 0 Å². The number of fused-ring (bicyclic) bond motifs is 1. The molecule has 2 heterocycles. The molecule has 1 aromatic rings. The molecule has 1 aromatic carbocycles. The summed E-state index contributed by atoms with van der Waals surface area (Å²) in [6, 6.07) is 9.86. The first kappa shape index (κ1) is 15.7. The van der Waals surface area contributed by atoms with E-state index in [-0.39, 0.29) is 30.6 Å². The number of amides is 2. The molecule has 23 heavy (non-hydrogen) atoms. The largest absolute Gasteiger partial charge is 0.366 e. The number of carbonyl (C=O) groups is 2. The molecule has 2 atom stereocenters. The molecule has 0 aromatic heterocycles. The minimum absolute atomic E-state index is 0.0153. The Morgan fingerprint density at radius 1 is 1.22 bits per heavy atom. The van der Waals surface area contributed by atoms with Gasteiger partial charge in [-0.2, -0.15) is 0 Å². The number of carbonyl (C=O) groups excluding carboxylic acids is 2. The summed E-state index contributed by atoms with van der Waals surface area (Å²) in [5.41, 5.74) is 1.01. The van der Waals surface area contributed by atoms with Gasteiger partial charge in [0, 0.05) is 26.2 Å². The average Bonchev–Trinajstić information content (AvgIpc) is 2.80. The highest BCUT2D eigenvalue weighted by molar-refractivity contribution is 5.91. The Kier molecular flexibility index (Phi) is 4.76. The third-order valence-corrected chi connectivity index (χ3v) is 4.65. The first-order valence-corrected chi connectivity index (χ1v) is 8.04. The second-order valence-corrected chi connectivity index (χ2v) is 6.07. The predicted octanol–water partition coefficient (Wildman–Crippen LogP) is 1.55. The van der Waals surface area contributed by atoms with Gasteiger partial charge in [-0.05, 0) is 24.5 Å². The van der Waals surface area contributed by atoms with E-state index in [1.54, 1.807) is 11.0 Å². The maximum atomic E-state index is 12.4. The number of morpholine rings is 1. The van der Waals surface area contributed by atoms with Crippen molar-refractivity contribution in [1.29, 1.82) is 0 Å². The molecule has 2 amide bonds. The van der Waals surface area contributed by atoms with E-state index in [2.05, 4.69) is 0 Å². The average molecular weight is 314 g/mol. The topological polar surface area (TPSA) is 49.9 Å². The lowest BCUT2D eigenvalue weighted by molar-refractivity contribution is -0.154. The number of likely N-dealkylation sites (tertiary alicyclic amines) is 1. The van der Waals surface area contributed by atoms with Crippen LogP contribution < -0.4 is 0 Å². The summed E-state index contributed by atoms with van der Waals surface area (Å²) < 4.78 is 5.65. The van der Waals surface area contributed by atoms with Crippen LogP contribution >= 0.6 is 0 Å². The summed E-state index contributed by atoms with van der Waals surface area (Å²) in [6.45, 7) is 1.47. The van der Waals surface area contributed by atoms with E-state index < -0.39 is 0 Å². The van der Waals surface area contributed by atoms with Gasteiger partial charge in [-0.25, -0.2) is 0 Å². The third kappa shape index (κ3) is 3.62. The van der Waals surface area contributed by atoms with Crippen molar-refractivity contribution in [2.45, 2.75) is 25.0 Å². The van der Waals surface area contributed by atoms with Gasteiger partial charge < -0.3 is 14.5 Å². The molecule has 2 fully saturated rings. The predicted molar refractivity (Wildman–Crippen MR) is 87.6 cm³/mol. The number of ether oxygens (including phenoxy) is 1. The van der Waals surface area contributed by atoms with E-state index in [9.17, 15) is 9.59 Å². The minimum atomic E-state index is 0.0153. The van der Waals surface area contributed by atoms with Crippen molar-refractivity contribution in [3.05, 3.63) is 42.0 Å². The van der Waals surface area contributed by atoms with Crippen molar-refractivity contribution < 1.29 is 14.3 Å². The third-order valence-electron chi connectivity index (χ3n) is 4.65. The van der Waals surface area contributed by atoms with Crippen molar-refractivity contribution in [2.75, 3.05) is 26.7 Å². The van der Waals surface area contributed by atoms with Gasteiger partial charge >= 0.3 is 0 Å². The highest BCUT2D eigenvalue weighted by Gasteiger charge is 2.36. The normalized spacial score (nSPS) is 25.3. The van der Waals surface area contributed by atoms with Crippen molar-refractivity contribution in [1.82, 2.24) is 9.80 Å². The van der Waals surface area contributed by atoms with Gasteiger partial charge in [0.1, 0.15) is 6.61 Å². The fourth-order valence-electron chi connectivity index (χ4n) is 3.22. The molecule has 5 heteroatoms. The van der Waals surface area contributed by atoms with Gasteiger partial charge in [0.2, 0.25) is 11.8 Å². The summed E-state index contributed by atoms with van der Waals surface area (Å²) >= 11 is 0. The Morgan fingerprint density at radius 3 is 2.74 bits per heavy atom.